The monoisotopic (exact) mass is 463 g/mol. The van der Waals surface area contributed by atoms with Crippen LogP contribution in [0.3, 0.4) is 0 Å². The van der Waals surface area contributed by atoms with Crippen LogP contribution >= 0.6 is 15.9 Å². The van der Waals surface area contributed by atoms with E-state index >= 15 is 0 Å². The third kappa shape index (κ3) is 4.32. The van der Waals surface area contributed by atoms with Crippen LogP contribution in [0.4, 0.5) is 0 Å². The van der Waals surface area contributed by atoms with Gasteiger partial charge in [0.05, 0.1) is 5.52 Å². The first-order valence-corrected chi connectivity index (χ1v) is 11.7. The molecule has 0 radical (unpaired) electrons. The summed E-state index contributed by atoms with van der Waals surface area (Å²) in [5, 5.41) is 1.36. The maximum Gasteiger partial charge on any atom is 0.124 e. The highest BCUT2D eigenvalue weighted by Crippen LogP contribution is 2.44. The number of hydrogen-bond acceptors (Lipinski definition) is 2. The summed E-state index contributed by atoms with van der Waals surface area (Å²) in [6.45, 7) is 9.41. The summed E-state index contributed by atoms with van der Waals surface area (Å²) in [6.07, 6.45) is 8.87. The third-order valence-corrected chi connectivity index (χ3v) is 6.65. The SMILES string of the molecule is CC(C)=CCCc1cnc2c(C)cc(OCc3ccc(Br)cc3)c3c2c1CC[C@H]3C. The van der Waals surface area contributed by atoms with Crippen LogP contribution in [0.5, 0.6) is 5.75 Å². The fourth-order valence-electron chi connectivity index (χ4n) is 4.52. The highest BCUT2D eigenvalue weighted by molar-refractivity contribution is 9.10. The standard InChI is InChI=1S/C27H30BrNO/c1-17(2)6-5-7-21-15-29-27-19(4)14-24(25-18(3)8-13-23(21)26(25)27)30-16-20-9-11-22(28)12-10-20/h6,9-12,14-15,18H,5,7-8,13,16H2,1-4H3/t18-/m1/s1. The Labute approximate surface area is 188 Å². The molecule has 0 fully saturated rings. The minimum atomic E-state index is 0.482. The van der Waals surface area contributed by atoms with Crippen LogP contribution in [0.25, 0.3) is 10.9 Å². The first-order valence-electron chi connectivity index (χ1n) is 10.9. The molecule has 30 heavy (non-hydrogen) atoms. The van der Waals surface area contributed by atoms with E-state index in [4.69, 9.17) is 9.72 Å². The van der Waals surface area contributed by atoms with Crippen molar-refractivity contribution in [2.24, 2.45) is 0 Å². The number of allylic oxidation sites excluding steroid dienone is 2. The van der Waals surface area contributed by atoms with Crippen molar-refractivity contribution < 1.29 is 4.74 Å². The Bertz CT molecular complexity index is 1090. The van der Waals surface area contributed by atoms with E-state index in [2.05, 4.69) is 86.2 Å². The number of hydrogen-bond donors (Lipinski definition) is 0. The maximum atomic E-state index is 6.40. The van der Waals surface area contributed by atoms with Crippen LogP contribution in [0.1, 0.15) is 67.3 Å². The number of nitrogens with zero attached hydrogens (tertiary/aromatic N) is 1. The normalized spacial score (nSPS) is 15.3. The predicted octanol–water partition coefficient (Wildman–Crippen LogP) is 7.83. The van der Waals surface area contributed by atoms with Crippen molar-refractivity contribution in [3.8, 4) is 5.75 Å². The fraction of sp³-hybridized carbons (Fsp3) is 0.370. The summed E-state index contributed by atoms with van der Waals surface area (Å²) in [5.41, 5.74) is 9.15. The van der Waals surface area contributed by atoms with Crippen molar-refractivity contribution in [3.63, 3.8) is 0 Å². The van der Waals surface area contributed by atoms with E-state index in [1.807, 2.05) is 0 Å². The first-order chi connectivity index (χ1) is 14.4. The van der Waals surface area contributed by atoms with Gasteiger partial charge in [0.2, 0.25) is 0 Å². The van der Waals surface area contributed by atoms with Gasteiger partial charge in [0.25, 0.3) is 0 Å². The molecule has 1 aromatic heterocycles. The summed E-state index contributed by atoms with van der Waals surface area (Å²) in [7, 11) is 0. The van der Waals surface area contributed by atoms with Gasteiger partial charge in [0, 0.05) is 21.6 Å². The molecule has 3 aromatic rings. The molecule has 0 saturated heterocycles. The lowest BCUT2D eigenvalue weighted by Gasteiger charge is -2.28. The minimum Gasteiger partial charge on any atom is -0.489 e. The van der Waals surface area contributed by atoms with Crippen molar-refractivity contribution >= 4 is 26.8 Å². The van der Waals surface area contributed by atoms with Crippen LogP contribution < -0.4 is 4.74 Å². The van der Waals surface area contributed by atoms with E-state index in [0.717, 1.165) is 35.0 Å². The number of aromatic nitrogens is 1. The lowest BCUT2D eigenvalue weighted by Crippen LogP contribution is -2.12. The molecule has 0 amide bonds. The second-order valence-electron chi connectivity index (χ2n) is 8.77. The fourth-order valence-corrected chi connectivity index (χ4v) is 4.78. The molecular weight excluding hydrogens is 434 g/mol. The van der Waals surface area contributed by atoms with Gasteiger partial charge in [-0.3, -0.25) is 4.98 Å². The van der Waals surface area contributed by atoms with E-state index in [1.165, 1.54) is 45.2 Å². The van der Waals surface area contributed by atoms with Crippen LogP contribution in [0, 0.1) is 6.92 Å². The Kier molecular flexibility index (Phi) is 6.29. The molecule has 0 N–H and O–H groups in total. The molecule has 0 unspecified atom stereocenters. The highest BCUT2D eigenvalue weighted by Gasteiger charge is 2.26. The molecule has 156 valence electrons. The zero-order valence-electron chi connectivity index (χ0n) is 18.4. The number of benzene rings is 2. The van der Waals surface area contributed by atoms with Crippen molar-refractivity contribution in [1.82, 2.24) is 4.98 Å². The quantitative estimate of drug-likeness (QED) is 0.347. The smallest absolute Gasteiger partial charge is 0.124 e. The van der Waals surface area contributed by atoms with Crippen molar-refractivity contribution in [2.45, 2.75) is 65.9 Å². The van der Waals surface area contributed by atoms with Gasteiger partial charge in [-0.1, -0.05) is 46.6 Å². The van der Waals surface area contributed by atoms with Crippen molar-refractivity contribution in [2.75, 3.05) is 0 Å². The molecule has 0 aliphatic heterocycles. The molecule has 1 heterocycles. The molecular formula is C27H30BrNO. The number of rotatable bonds is 6. The lowest BCUT2D eigenvalue weighted by molar-refractivity contribution is 0.301. The minimum absolute atomic E-state index is 0.482. The third-order valence-electron chi connectivity index (χ3n) is 6.13. The molecule has 4 rings (SSSR count). The first kappa shape index (κ1) is 21.1. The Morgan fingerprint density at radius 1 is 1.23 bits per heavy atom. The second-order valence-corrected chi connectivity index (χ2v) is 9.68. The Hall–Kier alpha value is -2.13. The van der Waals surface area contributed by atoms with Gasteiger partial charge < -0.3 is 4.74 Å². The van der Waals surface area contributed by atoms with Gasteiger partial charge in [-0.25, -0.2) is 0 Å². The number of aryl methyl sites for hydroxylation is 3. The molecule has 1 aliphatic carbocycles. The van der Waals surface area contributed by atoms with E-state index in [1.54, 1.807) is 0 Å². The number of halogens is 1. The Morgan fingerprint density at radius 3 is 2.73 bits per heavy atom. The average Bonchev–Trinajstić information content (AvgIpc) is 2.72. The van der Waals surface area contributed by atoms with Crippen molar-refractivity contribution in [1.29, 1.82) is 0 Å². The summed E-state index contributed by atoms with van der Waals surface area (Å²) in [5.74, 6) is 1.51. The summed E-state index contributed by atoms with van der Waals surface area (Å²) in [4.78, 5) is 4.90. The summed E-state index contributed by atoms with van der Waals surface area (Å²) >= 11 is 3.51. The van der Waals surface area contributed by atoms with Crippen molar-refractivity contribution in [3.05, 3.63) is 80.5 Å². The summed E-state index contributed by atoms with van der Waals surface area (Å²) in [6, 6.07) is 10.6. The second kappa shape index (κ2) is 8.93. The number of pyridine rings is 1. The van der Waals surface area contributed by atoms with Gasteiger partial charge in [-0.05, 0) is 92.8 Å². The van der Waals surface area contributed by atoms with Gasteiger partial charge in [-0.2, -0.15) is 0 Å². The van der Waals surface area contributed by atoms with E-state index in [0.29, 0.717) is 12.5 Å². The average molecular weight is 464 g/mol. The summed E-state index contributed by atoms with van der Waals surface area (Å²) < 4.78 is 7.49. The number of ether oxygens (including phenoxy) is 1. The largest absolute Gasteiger partial charge is 0.489 e. The Morgan fingerprint density at radius 2 is 2.00 bits per heavy atom. The molecule has 3 heteroatoms. The molecule has 2 nitrogen and oxygen atoms in total. The van der Waals surface area contributed by atoms with Gasteiger partial charge in [0.15, 0.2) is 0 Å². The van der Waals surface area contributed by atoms with E-state index in [9.17, 15) is 0 Å². The lowest BCUT2D eigenvalue weighted by atomic mass is 9.80. The molecule has 1 aliphatic rings. The molecule has 1 atom stereocenters. The van der Waals surface area contributed by atoms with Gasteiger partial charge in [0.1, 0.15) is 12.4 Å². The topological polar surface area (TPSA) is 22.1 Å². The highest BCUT2D eigenvalue weighted by atomic mass is 79.9. The van der Waals surface area contributed by atoms with Crippen LogP contribution in [-0.4, -0.2) is 4.98 Å². The van der Waals surface area contributed by atoms with Crippen LogP contribution in [0.2, 0.25) is 0 Å². The molecule has 0 saturated carbocycles. The van der Waals surface area contributed by atoms with Crippen LogP contribution in [-0.2, 0) is 19.4 Å². The maximum absolute atomic E-state index is 6.40. The predicted molar refractivity (Wildman–Crippen MR) is 129 cm³/mol. The van der Waals surface area contributed by atoms with Gasteiger partial charge >= 0.3 is 0 Å². The van der Waals surface area contributed by atoms with E-state index < -0.39 is 0 Å². The van der Waals surface area contributed by atoms with E-state index in [-0.39, 0.29) is 0 Å². The van der Waals surface area contributed by atoms with Gasteiger partial charge in [-0.15, -0.1) is 0 Å². The molecule has 0 bridgehead atoms. The molecule has 0 spiro atoms. The molecule has 2 aromatic carbocycles. The Balaban J connectivity index is 1.74. The zero-order chi connectivity index (χ0) is 21.3. The van der Waals surface area contributed by atoms with Crippen LogP contribution in [0.15, 0.2) is 52.7 Å². The zero-order valence-corrected chi connectivity index (χ0v) is 20.0.